The maximum Gasteiger partial charge on any atom is 0.274 e. The highest BCUT2D eigenvalue weighted by Gasteiger charge is 2.31. The Kier molecular flexibility index (Phi) is 3.84. The quantitative estimate of drug-likeness (QED) is 0.850. The molecule has 0 saturated carbocycles. The number of rotatable bonds is 2. The maximum absolute atomic E-state index is 13.2. The van der Waals surface area contributed by atoms with E-state index in [9.17, 15) is 9.18 Å². The third-order valence-corrected chi connectivity index (χ3v) is 4.73. The highest BCUT2D eigenvalue weighted by Crippen LogP contribution is 2.29. The first-order valence-corrected chi connectivity index (χ1v) is 8.41. The average Bonchev–Trinajstić information content (AvgIpc) is 3.17. The fourth-order valence-corrected chi connectivity index (χ4v) is 3.56. The minimum Gasteiger partial charge on any atom is -0.375 e. The summed E-state index contributed by atoms with van der Waals surface area (Å²) in [5.74, 6) is -0.301. The summed E-state index contributed by atoms with van der Waals surface area (Å²) in [4.78, 5) is 14.8. The zero-order chi connectivity index (χ0) is 16.7. The van der Waals surface area contributed by atoms with E-state index < -0.39 is 0 Å². The van der Waals surface area contributed by atoms with Gasteiger partial charge in [0.05, 0.1) is 18.4 Å². The van der Waals surface area contributed by atoms with E-state index in [1.54, 1.807) is 16.8 Å². The molecular weight excluding hydrogens is 309 g/mol. The lowest BCUT2D eigenvalue weighted by molar-refractivity contribution is -0.0126. The van der Waals surface area contributed by atoms with E-state index in [2.05, 4.69) is 5.10 Å². The van der Waals surface area contributed by atoms with Gasteiger partial charge in [-0.05, 0) is 50.5 Å². The van der Waals surface area contributed by atoms with Crippen LogP contribution in [0.15, 0.2) is 24.3 Å². The molecule has 1 saturated heterocycles. The van der Waals surface area contributed by atoms with Crippen LogP contribution in [0, 0.1) is 5.82 Å². The average molecular weight is 329 g/mol. The molecular formula is C18H20FN3O2. The summed E-state index contributed by atoms with van der Waals surface area (Å²) < 4.78 is 20.5. The number of hydrogen-bond donors (Lipinski definition) is 0. The first-order chi connectivity index (χ1) is 11.6. The van der Waals surface area contributed by atoms with Gasteiger partial charge in [-0.15, -0.1) is 0 Å². The van der Waals surface area contributed by atoms with E-state index in [0.29, 0.717) is 25.4 Å². The van der Waals surface area contributed by atoms with Crippen LogP contribution in [0.5, 0.6) is 0 Å². The largest absolute Gasteiger partial charge is 0.375 e. The van der Waals surface area contributed by atoms with Crippen LogP contribution in [0.3, 0.4) is 0 Å². The second-order valence-electron chi connectivity index (χ2n) is 6.45. The van der Waals surface area contributed by atoms with Crippen molar-refractivity contribution in [2.24, 2.45) is 0 Å². The molecule has 1 unspecified atom stereocenters. The Hall–Kier alpha value is -2.21. The minimum atomic E-state index is -0.277. The number of benzene rings is 1. The number of amides is 1. The van der Waals surface area contributed by atoms with E-state index in [-0.39, 0.29) is 17.8 Å². The molecule has 1 amide bonds. The molecule has 1 aliphatic carbocycles. The van der Waals surface area contributed by atoms with Gasteiger partial charge in [-0.1, -0.05) is 0 Å². The van der Waals surface area contributed by atoms with Gasteiger partial charge in [0.1, 0.15) is 5.82 Å². The topological polar surface area (TPSA) is 47.4 Å². The summed E-state index contributed by atoms with van der Waals surface area (Å²) in [6, 6.07) is 6.24. The van der Waals surface area contributed by atoms with Crippen molar-refractivity contribution in [3.05, 3.63) is 47.0 Å². The second kappa shape index (κ2) is 6.02. The summed E-state index contributed by atoms with van der Waals surface area (Å²) in [7, 11) is 0. The molecule has 1 aliphatic heterocycles. The van der Waals surface area contributed by atoms with Crippen molar-refractivity contribution in [1.29, 1.82) is 0 Å². The number of morpholine rings is 1. The molecule has 1 fully saturated rings. The second-order valence-corrected chi connectivity index (χ2v) is 6.45. The molecule has 5 nitrogen and oxygen atoms in total. The Bertz CT molecular complexity index is 769. The Morgan fingerprint density at radius 3 is 2.83 bits per heavy atom. The minimum absolute atomic E-state index is 0.0239. The monoisotopic (exact) mass is 329 g/mol. The number of aromatic nitrogens is 2. The van der Waals surface area contributed by atoms with E-state index >= 15 is 0 Å². The fraction of sp³-hybridized carbons (Fsp3) is 0.444. The first-order valence-electron chi connectivity index (χ1n) is 8.41. The molecule has 6 heteroatoms. The first kappa shape index (κ1) is 15.3. The highest BCUT2D eigenvalue weighted by atomic mass is 19.1. The maximum atomic E-state index is 13.2. The molecule has 1 aromatic carbocycles. The number of carbonyl (C=O) groups excluding carboxylic acids is 1. The van der Waals surface area contributed by atoms with Crippen LogP contribution >= 0.6 is 0 Å². The molecule has 2 heterocycles. The van der Waals surface area contributed by atoms with Crippen LogP contribution in [0.4, 0.5) is 4.39 Å². The summed E-state index contributed by atoms with van der Waals surface area (Å²) in [6.07, 6.45) is 2.84. The van der Waals surface area contributed by atoms with Gasteiger partial charge in [-0.25, -0.2) is 9.07 Å². The lowest BCUT2D eigenvalue weighted by Crippen LogP contribution is -2.44. The van der Waals surface area contributed by atoms with Gasteiger partial charge < -0.3 is 9.64 Å². The third-order valence-electron chi connectivity index (χ3n) is 4.73. The van der Waals surface area contributed by atoms with E-state index in [4.69, 9.17) is 4.74 Å². The zero-order valence-electron chi connectivity index (χ0n) is 13.7. The molecule has 2 aromatic rings. The van der Waals surface area contributed by atoms with Crippen molar-refractivity contribution in [2.75, 3.05) is 19.7 Å². The molecule has 4 rings (SSSR count). The molecule has 0 bridgehead atoms. The number of carbonyl (C=O) groups is 1. The smallest absolute Gasteiger partial charge is 0.274 e. The lowest BCUT2D eigenvalue weighted by atomic mass is 10.1. The van der Waals surface area contributed by atoms with Gasteiger partial charge in [0.25, 0.3) is 5.91 Å². The van der Waals surface area contributed by atoms with Crippen LogP contribution in [-0.4, -0.2) is 46.4 Å². The van der Waals surface area contributed by atoms with Gasteiger partial charge in [0, 0.05) is 24.3 Å². The zero-order valence-corrected chi connectivity index (χ0v) is 13.7. The highest BCUT2D eigenvalue weighted by molar-refractivity contribution is 5.94. The summed E-state index contributed by atoms with van der Waals surface area (Å²) in [5, 5.41) is 4.59. The number of fused-ring (bicyclic) bond motifs is 1. The summed E-state index contributed by atoms with van der Waals surface area (Å²) >= 11 is 0. The van der Waals surface area contributed by atoms with Gasteiger partial charge in [0.2, 0.25) is 0 Å². The van der Waals surface area contributed by atoms with Crippen molar-refractivity contribution < 1.29 is 13.9 Å². The Morgan fingerprint density at radius 1 is 1.29 bits per heavy atom. The van der Waals surface area contributed by atoms with Crippen LogP contribution in [0.25, 0.3) is 5.69 Å². The molecule has 0 spiro atoms. The van der Waals surface area contributed by atoms with E-state index in [0.717, 1.165) is 36.2 Å². The molecule has 0 radical (unpaired) electrons. The van der Waals surface area contributed by atoms with Crippen LogP contribution < -0.4 is 0 Å². The normalized spacial score (nSPS) is 20.2. The van der Waals surface area contributed by atoms with Crippen molar-refractivity contribution in [3.8, 4) is 5.69 Å². The number of nitrogens with zero attached hydrogens (tertiary/aromatic N) is 3. The Morgan fingerprint density at radius 2 is 2.08 bits per heavy atom. The molecule has 1 atom stereocenters. The van der Waals surface area contributed by atoms with Gasteiger partial charge in [-0.3, -0.25) is 4.79 Å². The molecule has 126 valence electrons. The van der Waals surface area contributed by atoms with Crippen LogP contribution in [-0.2, 0) is 17.6 Å². The van der Waals surface area contributed by atoms with E-state index in [1.165, 1.54) is 12.1 Å². The Labute approximate surface area is 140 Å². The number of halogens is 1. The molecule has 0 N–H and O–H groups in total. The standard InChI is InChI=1S/C18H20FN3O2/c1-12-11-21(9-10-24-12)18(23)17-15-3-2-4-16(15)22(20-17)14-7-5-13(19)6-8-14/h5-8,12H,2-4,9-11H2,1H3. The van der Waals surface area contributed by atoms with Crippen molar-refractivity contribution in [2.45, 2.75) is 32.3 Å². The molecule has 1 aromatic heterocycles. The molecule has 2 aliphatic rings. The summed E-state index contributed by atoms with van der Waals surface area (Å²) in [6.45, 7) is 3.73. The molecule has 24 heavy (non-hydrogen) atoms. The van der Waals surface area contributed by atoms with Crippen LogP contribution in [0.1, 0.15) is 35.1 Å². The number of hydrogen-bond acceptors (Lipinski definition) is 3. The van der Waals surface area contributed by atoms with Gasteiger partial charge in [-0.2, -0.15) is 5.10 Å². The SMILES string of the molecule is CC1CN(C(=O)c2nn(-c3ccc(F)cc3)c3c2CCC3)CCO1. The van der Waals surface area contributed by atoms with Gasteiger partial charge in [0.15, 0.2) is 5.69 Å². The number of ether oxygens (including phenoxy) is 1. The van der Waals surface area contributed by atoms with Crippen LogP contribution in [0.2, 0.25) is 0 Å². The fourth-order valence-electron chi connectivity index (χ4n) is 3.56. The van der Waals surface area contributed by atoms with Gasteiger partial charge >= 0.3 is 0 Å². The van der Waals surface area contributed by atoms with Crippen molar-refractivity contribution in [1.82, 2.24) is 14.7 Å². The Balaban J connectivity index is 1.70. The van der Waals surface area contributed by atoms with Crippen molar-refractivity contribution in [3.63, 3.8) is 0 Å². The summed E-state index contributed by atoms with van der Waals surface area (Å²) in [5.41, 5.74) is 3.46. The van der Waals surface area contributed by atoms with Crippen molar-refractivity contribution >= 4 is 5.91 Å². The predicted octanol–water partition coefficient (Wildman–Crippen LogP) is 2.36. The third kappa shape index (κ3) is 2.60. The van der Waals surface area contributed by atoms with E-state index in [1.807, 2.05) is 11.8 Å². The predicted molar refractivity (Wildman–Crippen MR) is 86.9 cm³/mol. The lowest BCUT2D eigenvalue weighted by Gasteiger charge is -2.30.